The number of furan rings is 1. The number of amides is 1. The maximum atomic E-state index is 12.7. The Morgan fingerprint density at radius 1 is 1.30 bits per heavy atom. The number of nitrogens with one attached hydrogen (secondary N) is 2. The number of halogens is 1. The third kappa shape index (κ3) is 2.92. The van der Waals surface area contributed by atoms with Gasteiger partial charge in [-0.1, -0.05) is 11.6 Å². The summed E-state index contributed by atoms with van der Waals surface area (Å²) >= 11 is 7.77. The van der Waals surface area contributed by atoms with Crippen molar-refractivity contribution in [1.29, 1.82) is 4.78 Å². The van der Waals surface area contributed by atoms with Gasteiger partial charge in [-0.3, -0.25) is 4.79 Å². The molecule has 6 nitrogen and oxygen atoms in total. The Morgan fingerprint density at radius 2 is 2.07 bits per heavy atom. The van der Waals surface area contributed by atoms with Crippen molar-refractivity contribution in [1.82, 2.24) is 10.3 Å². The van der Waals surface area contributed by atoms with Gasteiger partial charge in [-0.05, 0) is 68.4 Å². The minimum atomic E-state index is -2.96. The standard InChI is InChI=1S/C21H20ClN3O3S2/c22-13-3-4-14-16(7-13)29-19(24-14)20-9-21(10-20,11-20)25-18(26)15-5-6-17(28-15)30(23,27)8-12-1-2-12/h3-7,12,23H,1-2,8-11H2,(H,25,26). The number of rotatable bonds is 6. The highest BCUT2D eigenvalue weighted by Gasteiger charge is 2.70. The van der Waals surface area contributed by atoms with Gasteiger partial charge in [0.2, 0.25) is 0 Å². The Hall–Kier alpha value is -1.90. The Morgan fingerprint density at radius 3 is 2.80 bits per heavy atom. The zero-order valence-electron chi connectivity index (χ0n) is 16.1. The Balaban J connectivity index is 1.13. The van der Waals surface area contributed by atoms with E-state index in [1.807, 2.05) is 18.2 Å². The van der Waals surface area contributed by atoms with Gasteiger partial charge >= 0.3 is 0 Å². The zero-order chi connectivity index (χ0) is 20.7. The van der Waals surface area contributed by atoms with Gasteiger partial charge in [0, 0.05) is 21.7 Å². The normalized spacial score (nSPS) is 29.1. The van der Waals surface area contributed by atoms with Gasteiger partial charge in [-0.25, -0.2) is 14.0 Å². The molecular weight excluding hydrogens is 442 g/mol. The van der Waals surface area contributed by atoms with E-state index in [1.54, 1.807) is 11.3 Å². The second-order valence-corrected chi connectivity index (χ2v) is 12.6. The lowest BCUT2D eigenvalue weighted by atomic mass is 9.39. The van der Waals surface area contributed by atoms with Crippen molar-refractivity contribution in [2.75, 3.05) is 5.75 Å². The van der Waals surface area contributed by atoms with Gasteiger partial charge in [0.25, 0.3) is 5.91 Å². The zero-order valence-corrected chi connectivity index (χ0v) is 18.5. The SMILES string of the molecule is N=S(=O)(CC1CC1)c1ccc(C(=O)NC23CC(c4nc5ccc(Cl)cc5s4)(C2)C3)o1. The fourth-order valence-electron chi connectivity index (χ4n) is 4.89. The number of aromatic nitrogens is 1. The second-order valence-electron chi connectivity index (χ2n) is 9.08. The summed E-state index contributed by atoms with van der Waals surface area (Å²) in [6.45, 7) is 0. The van der Waals surface area contributed by atoms with Crippen molar-refractivity contribution in [2.24, 2.45) is 5.92 Å². The molecule has 0 aliphatic heterocycles. The number of carbonyl (C=O) groups excluding carboxylic acids is 1. The predicted molar refractivity (Wildman–Crippen MR) is 116 cm³/mol. The first kappa shape index (κ1) is 18.8. The number of fused-ring (bicyclic) bond motifs is 1. The van der Waals surface area contributed by atoms with Crippen LogP contribution in [0.5, 0.6) is 0 Å². The summed E-state index contributed by atoms with van der Waals surface area (Å²) in [7, 11) is -2.96. The van der Waals surface area contributed by atoms with Crippen LogP contribution in [0.3, 0.4) is 0 Å². The van der Waals surface area contributed by atoms with Crippen LogP contribution in [0.15, 0.2) is 39.8 Å². The Bertz CT molecular complexity index is 1290. The monoisotopic (exact) mass is 461 g/mol. The molecule has 1 aromatic carbocycles. The lowest BCUT2D eigenvalue weighted by molar-refractivity contribution is -0.0811. The lowest BCUT2D eigenvalue weighted by Gasteiger charge is -2.69. The van der Waals surface area contributed by atoms with Crippen LogP contribution in [0, 0.1) is 10.7 Å². The molecule has 9 heteroatoms. The molecule has 30 heavy (non-hydrogen) atoms. The van der Waals surface area contributed by atoms with E-state index in [4.69, 9.17) is 25.8 Å². The molecule has 0 saturated heterocycles. The fourth-order valence-corrected chi connectivity index (χ4v) is 7.99. The van der Waals surface area contributed by atoms with Gasteiger partial charge in [-0.15, -0.1) is 11.3 Å². The Kier molecular flexibility index (Phi) is 3.82. The average Bonchev–Trinajstić information content (AvgIpc) is 3.14. The topological polar surface area (TPSA) is 96.0 Å². The van der Waals surface area contributed by atoms with Crippen LogP contribution in [-0.2, 0) is 15.1 Å². The minimum absolute atomic E-state index is 0.0531. The van der Waals surface area contributed by atoms with Crippen LogP contribution < -0.4 is 5.32 Å². The van der Waals surface area contributed by atoms with Crippen molar-refractivity contribution in [3.63, 3.8) is 0 Å². The summed E-state index contributed by atoms with van der Waals surface area (Å²) in [4.78, 5) is 17.5. The molecular formula is C21H20ClN3O3S2. The molecule has 4 fully saturated rings. The average molecular weight is 462 g/mol. The predicted octanol–water partition coefficient (Wildman–Crippen LogP) is 4.96. The van der Waals surface area contributed by atoms with Crippen LogP contribution in [0.4, 0.5) is 0 Å². The van der Waals surface area contributed by atoms with E-state index in [0.29, 0.717) is 16.7 Å². The van der Waals surface area contributed by atoms with Crippen LogP contribution in [0.1, 0.15) is 47.7 Å². The van der Waals surface area contributed by atoms with Crippen LogP contribution in [0.25, 0.3) is 10.2 Å². The minimum Gasteiger partial charge on any atom is -0.441 e. The molecule has 2 bridgehead atoms. The van der Waals surface area contributed by atoms with Crippen LogP contribution in [-0.4, -0.2) is 26.4 Å². The Labute approximate surface area is 183 Å². The molecule has 4 aliphatic rings. The number of benzene rings is 1. The molecule has 2 N–H and O–H groups in total. The molecule has 0 radical (unpaired) electrons. The van der Waals surface area contributed by atoms with Gasteiger partial charge in [0.1, 0.15) is 14.7 Å². The van der Waals surface area contributed by atoms with Gasteiger partial charge in [0.05, 0.1) is 10.2 Å². The van der Waals surface area contributed by atoms with E-state index in [-0.39, 0.29) is 27.7 Å². The van der Waals surface area contributed by atoms with E-state index >= 15 is 0 Å². The molecule has 1 atom stereocenters. The van der Waals surface area contributed by atoms with Gasteiger partial charge < -0.3 is 9.73 Å². The molecule has 0 spiro atoms. The van der Waals surface area contributed by atoms with E-state index in [0.717, 1.165) is 47.3 Å². The summed E-state index contributed by atoms with van der Waals surface area (Å²) < 4.78 is 27.3. The van der Waals surface area contributed by atoms with E-state index < -0.39 is 9.73 Å². The first-order chi connectivity index (χ1) is 14.3. The van der Waals surface area contributed by atoms with Gasteiger partial charge in [0.15, 0.2) is 10.9 Å². The number of thiazole rings is 1. The maximum absolute atomic E-state index is 12.7. The molecule has 2 aromatic heterocycles. The molecule has 7 rings (SSSR count). The summed E-state index contributed by atoms with van der Waals surface area (Å²) in [5.41, 5.74) is 0.809. The number of carbonyl (C=O) groups is 1. The molecule has 1 unspecified atom stereocenters. The van der Waals surface area contributed by atoms with Crippen molar-refractivity contribution >= 4 is 48.8 Å². The van der Waals surface area contributed by atoms with E-state index in [9.17, 15) is 9.00 Å². The van der Waals surface area contributed by atoms with Crippen LogP contribution in [0.2, 0.25) is 5.02 Å². The smallest absolute Gasteiger partial charge is 0.287 e. The largest absolute Gasteiger partial charge is 0.441 e. The van der Waals surface area contributed by atoms with Crippen molar-refractivity contribution in [3.05, 3.63) is 46.1 Å². The van der Waals surface area contributed by atoms with Crippen molar-refractivity contribution in [3.8, 4) is 0 Å². The second kappa shape index (κ2) is 6.08. The molecule has 156 valence electrons. The quantitative estimate of drug-likeness (QED) is 0.542. The number of hydrogen-bond acceptors (Lipinski definition) is 6. The highest BCUT2D eigenvalue weighted by molar-refractivity contribution is 7.92. The summed E-state index contributed by atoms with van der Waals surface area (Å²) in [6.07, 6.45) is 4.64. The first-order valence-corrected chi connectivity index (χ1v) is 12.9. The summed E-state index contributed by atoms with van der Waals surface area (Å²) in [6, 6.07) is 8.80. The van der Waals surface area contributed by atoms with Gasteiger partial charge in [-0.2, -0.15) is 0 Å². The number of nitrogens with zero attached hydrogens (tertiary/aromatic N) is 1. The molecule has 3 aromatic rings. The van der Waals surface area contributed by atoms with Crippen molar-refractivity contribution < 1.29 is 13.4 Å². The maximum Gasteiger partial charge on any atom is 0.287 e. The van der Waals surface area contributed by atoms with Crippen molar-refractivity contribution in [2.45, 2.75) is 48.2 Å². The highest BCUT2D eigenvalue weighted by atomic mass is 35.5. The fraction of sp³-hybridized carbons (Fsp3) is 0.429. The molecule has 4 saturated carbocycles. The molecule has 1 amide bonds. The molecule has 2 heterocycles. The summed E-state index contributed by atoms with van der Waals surface area (Å²) in [5, 5.41) is 5.04. The summed E-state index contributed by atoms with van der Waals surface area (Å²) in [5.74, 6) is 0.510. The third-order valence-electron chi connectivity index (χ3n) is 6.51. The van der Waals surface area contributed by atoms with E-state index in [1.165, 1.54) is 12.1 Å². The molecule has 4 aliphatic carbocycles. The van der Waals surface area contributed by atoms with Crippen LogP contribution >= 0.6 is 22.9 Å². The van der Waals surface area contributed by atoms with E-state index in [2.05, 4.69) is 5.32 Å². The third-order valence-corrected chi connectivity index (χ3v) is 9.82. The highest BCUT2D eigenvalue weighted by Crippen LogP contribution is 2.68. The first-order valence-electron chi connectivity index (χ1n) is 10.0. The lowest BCUT2D eigenvalue weighted by Crippen LogP contribution is -2.76. The number of hydrogen-bond donors (Lipinski definition) is 2.